The number of piperidine rings is 1. The molecule has 2 fully saturated rings. The Balaban J connectivity index is 1.21. The summed E-state index contributed by atoms with van der Waals surface area (Å²) in [5.74, 6) is 1.51. The van der Waals surface area contributed by atoms with Crippen LogP contribution in [0.25, 0.3) is 0 Å². The van der Waals surface area contributed by atoms with Crippen molar-refractivity contribution in [2.24, 2.45) is 0 Å². The van der Waals surface area contributed by atoms with Crippen molar-refractivity contribution >= 4 is 5.91 Å². The summed E-state index contributed by atoms with van der Waals surface area (Å²) in [7, 11) is 0. The second-order valence-electron chi connectivity index (χ2n) is 8.95. The lowest BCUT2D eigenvalue weighted by molar-refractivity contribution is -0.0475. The fourth-order valence-electron chi connectivity index (χ4n) is 4.19. The van der Waals surface area contributed by atoms with Gasteiger partial charge in [-0.25, -0.2) is 0 Å². The van der Waals surface area contributed by atoms with E-state index in [4.69, 9.17) is 14.2 Å². The van der Waals surface area contributed by atoms with E-state index in [9.17, 15) is 9.90 Å². The summed E-state index contributed by atoms with van der Waals surface area (Å²) in [4.78, 5) is 17.0. The normalized spacial score (nSPS) is 18.7. The van der Waals surface area contributed by atoms with Gasteiger partial charge in [0.25, 0.3) is 5.91 Å². The summed E-state index contributed by atoms with van der Waals surface area (Å²) in [5.41, 5.74) is 0.837. The van der Waals surface area contributed by atoms with Crippen LogP contribution in [-0.2, 0) is 4.74 Å². The van der Waals surface area contributed by atoms with Crippen LogP contribution in [0.15, 0.2) is 48.5 Å². The van der Waals surface area contributed by atoms with Gasteiger partial charge in [-0.1, -0.05) is 12.1 Å². The van der Waals surface area contributed by atoms with Gasteiger partial charge in [0.05, 0.1) is 13.2 Å². The first-order valence-corrected chi connectivity index (χ1v) is 11.7. The monoisotopic (exact) mass is 454 g/mol. The van der Waals surface area contributed by atoms with Crippen LogP contribution in [0, 0.1) is 6.92 Å². The van der Waals surface area contributed by atoms with Gasteiger partial charge in [0, 0.05) is 38.3 Å². The molecule has 0 saturated carbocycles. The molecule has 0 radical (unpaired) electrons. The van der Waals surface area contributed by atoms with Gasteiger partial charge >= 0.3 is 0 Å². The van der Waals surface area contributed by atoms with Crippen molar-refractivity contribution in [2.75, 3.05) is 59.2 Å². The highest BCUT2D eigenvalue weighted by Gasteiger charge is 2.35. The summed E-state index contributed by atoms with van der Waals surface area (Å²) in [6.07, 6.45) is 0.987. The molecule has 2 heterocycles. The van der Waals surface area contributed by atoms with Crippen LogP contribution >= 0.6 is 0 Å². The highest BCUT2D eigenvalue weighted by molar-refractivity contribution is 5.94. The predicted molar refractivity (Wildman–Crippen MR) is 126 cm³/mol. The Morgan fingerprint density at radius 2 is 1.73 bits per heavy atom. The highest BCUT2D eigenvalue weighted by Crippen LogP contribution is 2.25. The highest BCUT2D eigenvalue weighted by atomic mass is 16.5. The lowest BCUT2D eigenvalue weighted by Crippen LogP contribution is -2.49. The molecule has 7 nitrogen and oxygen atoms in total. The third-order valence-electron chi connectivity index (χ3n) is 6.36. The van der Waals surface area contributed by atoms with E-state index in [1.165, 1.54) is 0 Å². The van der Waals surface area contributed by atoms with Crippen molar-refractivity contribution in [1.82, 2.24) is 9.80 Å². The molecule has 1 amide bonds. The summed E-state index contributed by atoms with van der Waals surface area (Å²) < 4.78 is 17.0. The van der Waals surface area contributed by atoms with E-state index in [1.54, 1.807) is 4.90 Å². The zero-order valence-corrected chi connectivity index (χ0v) is 19.4. The lowest BCUT2D eigenvalue weighted by Gasteiger charge is -2.38. The summed E-state index contributed by atoms with van der Waals surface area (Å²) in [6.45, 7) is 8.19. The summed E-state index contributed by atoms with van der Waals surface area (Å²) in [5, 5.41) is 10.9. The maximum Gasteiger partial charge on any atom is 0.253 e. The molecular formula is C26H34N2O5. The zero-order chi connectivity index (χ0) is 23.1. The Bertz CT molecular complexity index is 903. The van der Waals surface area contributed by atoms with E-state index >= 15 is 0 Å². The number of ether oxygens (including phenoxy) is 3. The van der Waals surface area contributed by atoms with Crippen LogP contribution in [0.1, 0.15) is 28.8 Å². The Morgan fingerprint density at radius 1 is 1.00 bits per heavy atom. The molecule has 0 atom stereocenters. The van der Waals surface area contributed by atoms with Gasteiger partial charge in [-0.3, -0.25) is 9.69 Å². The van der Waals surface area contributed by atoms with E-state index in [-0.39, 0.29) is 12.5 Å². The molecule has 0 aliphatic carbocycles. The molecule has 0 aromatic heterocycles. The number of hydrogen-bond acceptors (Lipinski definition) is 6. The van der Waals surface area contributed by atoms with Gasteiger partial charge in [0.15, 0.2) is 0 Å². The van der Waals surface area contributed by atoms with E-state index in [0.29, 0.717) is 38.1 Å². The minimum atomic E-state index is -0.918. The minimum Gasteiger partial charge on any atom is -0.492 e. The SMILES string of the molecule is Cc1cccc(OCC2(O)CCN(C(=O)c3ccc(OCCN4CCOCC4)cc3)CC2)c1. The first kappa shape index (κ1) is 23.5. The molecule has 2 saturated heterocycles. The van der Waals surface area contributed by atoms with Gasteiger partial charge in [-0.05, 0) is 61.7 Å². The summed E-state index contributed by atoms with van der Waals surface area (Å²) in [6, 6.07) is 15.1. The van der Waals surface area contributed by atoms with Crippen molar-refractivity contribution in [1.29, 1.82) is 0 Å². The van der Waals surface area contributed by atoms with Gasteiger partial charge in [0.2, 0.25) is 0 Å². The van der Waals surface area contributed by atoms with Gasteiger partial charge in [-0.15, -0.1) is 0 Å². The van der Waals surface area contributed by atoms with Crippen molar-refractivity contribution < 1.29 is 24.1 Å². The number of likely N-dealkylation sites (tertiary alicyclic amines) is 1. The van der Waals surface area contributed by atoms with E-state index in [1.807, 2.05) is 55.5 Å². The standard InChI is InChI=1S/C26H34N2O5/c1-21-3-2-4-24(19-21)33-20-26(30)9-11-28(12-10-26)25(29)22-5-7-23(8-6-22)32-18-15-27-13-16-31-17-14-27/h2-8,19,30H,9-18,20H2,1H3. The fourth-order valence-corrected chi connectivity index (χ4v) is 4.19. The second kappa shape index (κ2) is 11.0. The topological polar surface area (TPSA) is 71.5 Å². The molecule has 4 rings (SSSR count). The number of amides is 1. The van der Waals surface area contributed by atoms with Crippen LogP contribution in [0.2, 0.25) is 0 Å². The van der Waals surface area contributed by atoms with Gasteiger partial charge in [-0.2, -0.15) is 0 Å². The zero-order valence-electron chi connectivity index (χ0n) is 19.4. The van der Waals surface area contributed by atoms with Crippen molar-refractivity contribution in [3.63, 3.8) is 0 Å². The van der Waals surface area contributed by atoms with Crippen molar-refractivity contribution in [2.45, 2.75) is 25.4 Å². The number of rotatable bonds is 8. The van der Waals surface area contributed by atoms with Crippen LogP contribution in [-0.4, -0.2) is 85.6 Å². The molecule has 2 aliphatic rings. The molecule has 2 aromatic rings. The van der Waals surface area contributed by atoms with Crippen LogP contribution in [0.5, 0.6) is 11.5 Å². The average Bonchev–Trinajstić information content (AvgIpc) is 2.84. The Morgan fingerprint density at radius 3 is 2.42 bits per heavy atom. The van der Waals surface area contributed by atoms with Gasteiger partial charge in [0.1, 0.15) is 30.3 Å². The van der Waals surface area contributed by atoms with Crippen LogP contribution in [0.3, 0.4) is 0 Å². The Labute approximate surface area is 195 Å². The number of aliphatic hydroxyl groups is 1. The third-order valence-corrected chi connectivity index (χ3v) is 6.36. The molecule has 0 bridgehead atoms. The number of nitrogens with zero attached hydrogens (tertiary/aromatic N) is 2. The molecular weight excluding hydrogens is 420 g/mol. The number of carbonyl (C=O) groups is 1. The number of carbonyl (C=O) groups excluding carboxylic acids is 1. The molecule has 178 valence electrons. The van der Waals surface area contributed by atoms with Crippen molar-refractivity contribution in [3.8, 4) is 11.5 Å². The quantitative estimate of drug-likeness (QED) is 0.662. The predicted octanol–water partition coefficient (Wildman–Crippen LogP) is 2.75. The van der Waals surface area contributed by atoms with Crippen LogP contribution in [0.4, 0.5) is 0 Å². The Hall–Kier alpha value is -2.61. The smallest absolute Gasteiger partial charge is 0.253 e. The number of benzene rings is 2. The molecule has 7 heteroatoms. The molecule has 0 unspecified atom stereocenters. The largest absolute Gasteiger partial charge is 0.492 e. The molecule has 33 heavy (non-hydrogen) atoms. The van der Waals surface area contributed by atoms with E-state index in [0.717, 1.165) is 49.9 Å². The molecule has 2 aromatic carbocycles. The van der Waals surface area contributed by atoms with Gasteiger partial charge < -0.3 is 24.2 Å². The number of aryl methyl sites for hydroxylation is 1. The maximum atomic E-state index is 12.9. The second-order valence-corrected chi connectivity index (χ2v) is 8.95. The average molecular weight is 455 g/mol. The summed E-state index contributed by atoms with van der Waals surface area (Å²) >= 11 is 0. The maximum absolute atomic E-state index is 12.9. The fraction of sp³-hybridized carbons (Fsp3) is 0.500. The van der Waals surface area contributed by atoms with E-state index in [2.05, 4.69) is 4.90 Å². The first-order valence-electron chi connectivity index (χ1n) is 11.7. The van der Waals surface area contributed by atoms with Crippen LogP contribution < -0.4 is 9.47 Å². The minimum absolute atomic E-state index is 0.0171. The first-order chi connectivity index (χ1) is 16.0. The third kappa shape index (κ3) is 6.69. The lowest BCUT2D eigenvalue weighted by atomic mass is 9.92. The van der Waals surface area contributed by atoms with Crippen molar-refractivity contribution in [3.05, 3.63) is 59.7 Å². The van der Waals surface area contributed by atoms with E-state index < -0.39 is 5.60 Å². The molecule has 1 N–H and O–H groups in total. The Kier molecular flexibility index (Phi) is 7.85. The number of morpholine rings is 1. The molecule has 0 spiro atoms. The number of hydrogen-bond donors (Lipinski definition) is 1. The molecule has 2 aliphatic heterocycles.